The van der Waals surface area contributed by atoms with E-state index in [4.69, 9.17) is 5.73 Å². The lowest BCUT2D eigenvalue weighted by Crippen LogP contribution is -2.50. The molecule has 0 aromatic carbocycles. The van der Waals surface area contributed by atoms with Gasteiger partial charge in [-0.1, -0.05) is 0 Å². The van der Waals surface area contributed by atoms with Crippen molar-refractivity contribution < 1.29 is 4.79 Å². The van der Waals surface area contributed by atoms with Gasteiger partial charge in [-0.3, -0.25) is 0 Å². The van der Waals surface area contributed by atoms with E-state index in [0.717, 1.165) is 19.4 Å². The highest BCUT2D eigenvalue weighted by Crippen LogP contribution is 2.25. The molecule has 4 heteroatoms. The van der Waals surface area contributed by atoms with Crippen LogP contribution in [0.3, 0.4) is 0 Å². The molecule has 1 fully saturated rings. The minimum atomic E-state index is -0.0597. The van der Waals surface area contributed by atoms with Gasteiger partial charge in [0.05, 0.1) is 0 Å². The number of rotatable bonds is 3. The van der Waals surface area contributed by atoms with Crippen molar-refractivity contribution in [1.82, 2.24) is 10.6 Å². The van der Waals surface area contributed by atoms with Crippen LogP contribution in [-0.4, -0.2) is 24.7 Å². The molecule has 13 heavy (non-hydrogen) atoms. The quantitative estimate of drug-likeness (QED) is 0.597. The van der Waals surface area contributed by atoms with E-state index in [2.05, 4.69) is 10.6 Å². The molecule has 0 atom stereocenters. The number of urea groups is 1. The summed E-state index contributed by atoms with van der Waals surface area (Å²) < 4.78 is 0. The van der Waals surface area contributed by atoms with Gasteiger partial charge in [-0.05, 0) is 39.2 Å². The lowest BCUT2D eigenvalue weighted by molar-refractivity contribution is 0.204. The van der Waals surface area contributed by atoms with Gasteiger partial charge in [0, 0.05) is 12.1 Å². The summed E-state index contributed by atoms with van der Waals surface area (Å²) in [7, 11) is 0. The summed E-state index contributed by atoms with van der Waals surface area (Å²) in [5, 5.41) is 5.70. The Morgan fingerprint density at radius 1 is 1.54 bits per heavy atom. The van der Waals surface area contributed by atoms with Crippen molar-refractivity contribution in [3.63, 3.8) is 0 Å². The van der Waals surface area contributed by atoms with Crippen LogP contribution in [0.2, 0.25) is 0 Å². The summed E-state index contributed by atoms with van der Waals surface area (Å²) in [4.78, 5) is 11.2. The number of nitrogens with one attached hydrogen (secondary N) is 2. The highest BCUT2D eigenvalue weighted by atomic mass is 16.2. The summed E-state index contributed by atoms with van der Waals surface area (Å²) in [6.07, 6.45) is 2.06. The van der Waals surface area contributed by atoms with E-state index in [0.29, 0.717) is 12.0 Å². The Labute approximate surface area is 79.3 Å². The Bertz CT molecular complexity index is 176. The molecule has 0 aliphatic heterocycles. The number of hydrogen-bond donors (Lipinski definition) is 3. The van der Waals surface area contributed by atoms with Crippen molar-refractivity contribution >= 4 is 6.03 Å². The summed E-state index contributed by atoms with van der Waals surface area (Å²) >= 11 is 0. The summed E-state index contributed by atoms with van der Waals surface area (Å²) in [5.41, 5.74) is 5.48. The Balaban J connectivity index is 2.09. The van der Waals surface area contributed by atoms with E-state index in [-0.39, 0.29) is 12.1 Å². The molecule has 2 amide bonds. The van der Waals surface area contributed by atoms with Crippen LogP contribution in [0.1, 0.15) is 26.7 Å². The molecule has 0 saturated heterocycles. The first kappa shape index (κ1) is 10.3. The van der Waals surface area contributed by atoms with Gasteiger partial charge >= 0.3 is 6.03 Å². The molecule has 1 aliphatic carbocycles. The van der Waals surface area contributed by atoms with E-state index < -0.39 is 0 Å². The van der Waals surface area contributed by atoms with Crippen molar-refractivity contribution in [3.05, 3.63) is 0 Å². The lowest BCUT2D eigenvalue weighted by atomic mass is 9.80. The maximum atomic E-state index is 11.2. The number of nitrogens with two attached hydrogens (primary N) is 1. The molecular formula is C9H19N3O. The molecular weight excluding hydrogens is 166 g/mol. The van der Waals surface area contributed by atoms with Crippen molar-refractivity contribution in [2.75, 3.05) is 6.54 Å². The smallest absolute Gasteiger partial charge is 0.315 e. The van der Waals surface area contributed by atoms with Crippen molar-refractivity contribution in [1.29, 1.82) is 0 Å². The van der Waals surface area contributed by atoms with Gasteiger partial charge < -0.3 is 16.4 Å². The zero-order valence-electron chi connectivity index (χ0n) is 8.34. The molecule has 0 aromatic heterocycles. The largest absolute Gasteiger partial charge is 0.336 e. The van der Waals surface area contributed by atoms with Crippen molar-refractivity contribution in [2.24, 2.45) is 11.7 Å². The number of hydrogen-bond acceptors (Lipinski definition) is 2. The molecule has 1 saturated carbocycles. The lowest BCUT2D eigenvalue weighted by Gasteiger charge is -2.35. The summed E-state index contributed by atoms with van der Waals surface area (Å²) in [6.45, 7) is 4.63. The van der Waals surface area contributed by atoms with E-state index >= 15 is 0 Å². The molecule has 0 radical (unpaired) electrons. The van der Waals surface area contributed by atoms with Gasteiger partial charge in [0.25, 0.3) is 0 Å². The van der Waals surface area contributed by atoms with E-state index in [9.17, 15) is 4.79 Å². The average molecular weight is 185 g/mol. The number of carbonyl (C=O) groups excluding carboxylic acids is 1. The molecule has 1 aliphatic rings. The SMILES string of the molecule is CC(C)NC(=O)NC1CC(CN)C1. The zero-order chi connectivity index (χ0) is 9.84. The third-order valence-electron chi connectivity index (χ3n) is 2.32. The van der Waals surface area contributed by atoms with Crippen LogP contribution in [0.4, 0.5) is 4.79 Å². The van der Waals surface area contributed by atoms with E-state index in [1.807, 2.05) is 13.8 Å². The fraction of sp³-hybridized carbons (Fsp3) is 0.889. The number of carbonyl (C=O) groups is 1. The van der Waals surface area contributed by atoms with Crippen LogP contribution in [0.15, 0.2) is 0 Å². The second-order valence-electron chi connectivity index (χ2n) is 4.04. The van der Waals surface area contributed by atoms with Crippen molar-refractivity contribution in [3.8, 4) is 0 Å². The molecule has 1 rings (SSSR count). The fourth-order valence-corrected chi connectivity index (χ4v) is 1.54. The van der Waals surface area contributed by atoms with E-state index in [1.165, 1.54) is 0 Å². The van der Waals surface area contributed by atoms with Crippen LogP contribution in [0.5, 0.6) is 0 Å². The topological polar surface area (TPSA) is 67.2 Å². The van der Waals surface area contributed by atoms with Gasteiger partial charge in [-0.25, -0.2) is 4.79 Å². The maximum absolute atomic E-state index is 11.2. The van der Waals surface area contributed by atoms with Gasteiger partial charge in [0.1, 0.15) is 0 Å². The predicted octanol–water partition coefficient (Wildman–Crippen LogP) is 0.431. The second-order valence-corrected chi connectivity index (χ2v) is 4.04. The molecule has 0 heterocycles. The molecule has 0 aromatic rings. The van der Waals surface area contributed by atoms with Crippen LogP contribution < -0.4 is 16.4 Å². The first-order chi connectivity index (χ1) is 6.11. The molecule has 0 unspecified atom stereocenters. The molecule has 4 nitrogen and oxygen atoms in total. The Morgan fingerprint density at radius 3 is 2.62 bits per heavy atom. The monoisotopic (exact) mass is 185 g/mol. The van der Waals surface area contributed by atoms with Crippen LogP contribution in [0, 0.1) is 5.92 Å². The molecule has 0 bridgehead atoms. The first-order valence-electron chi connectivity index (χ1n) is 4.89. The van der Waals surface area contributed by atoms with Gasteiger partial charge in [0.15, 0.2) is 0 Å². The summed E-state index contributed by atoms with van der Waals surface area (Å²) in [6, 6.07) is 0.480. The molecule has 0 spiro atoms. The third kappa shape index (κ3) is 3.22. The minimum absolute atomic E-state index is 0.0597. The van der Waals surface area contributed by atoms with Crippen LogP contribution >= 0.6 is 0 Å². The van der Waals surface area contributed by atoms with Gasteiger partial charge in [-0.15, -0.1) is 0 Å². The fourth-order valence-electron chi connectivity index (χ4n) is 1.54. The molecule has 4 N–H and O–H groups in total. The van der Waals surface area contributed by atoms with Gasteiger partial charge in [-0.2, -0.15) is 0 Å². The molecule has 76 valence electrons. The highest BCUT2D eigenvalue weighted by Gasteiger charge is 2.28. The zero-order valence-corrected chi connectivity index (χ0v) is 8.34. The highest BCUT2D eigenvalue weighted by molar-refractivity contribution is 5.74. The second kappa shape index (κ2) is 4.46. The predicted molar refractivity (Wildman–Crippen MR) is 52.4 cm³/mol. The van der Waals surface area contributed by atoms with E-state index in [1.54, 1.807) is 0 Å². The van der Waals surface area contributed by atoms with Crippen molar-refractivity contribution in [2.45, 2.75) is 38.8 Å². The maximum Gasteiger partial charge on any atom is 0.315 e. The van der Waals surface area contributed by atoms with Crippen LogP contribution in [0.25, 0.3) is 0 Å². The normalized spacial score (nSPS) is 26.8. The standard InChI is InChI=1S/C9H19N3O/c1-6(2)11-9(13)12-8-3-7(4-8)5-10/h6-8H,3-5,10H2,1-2H3,(H2,11,12,13). The van der Waals surface area contributed by atoms with Crippen LogP contribution in [-0.2, 0) is 0 Å². The van der Waals surface area contributed by atoms with Gasteiger partial charge in [0.2, 0.25) is 0 Å². The average Bonchev–Trinajstić information content (AvgIpc) is 1.94. The first-order valence-corrected chi connectivity index (χ1v) is 4.89. The Morgan fingerprint density at radius 2 is 2.15 bits per heavy atom. The Kier molecular flexibility index (Phi) is 3.54. The Hall–Kier alpha value is -0.770. The third-order valence-corrected chi connectivity index (χ3v) is 2.32. The summed E-state index contributed by atoms with van der Waals surface area (Å²) in [5.74, 6) is 0.615. The minimum Gasteiger partial charge on any atom is -0.336 e. The number of amides is 2.